The van der Waals surface area contributed by atoms with E-state index in [1.807, 2.05) is 12.1 Å². The molecule has 0 saturated heterocycles. The van der Waals surface area contributed by atoms with Crippen LogP contribution in [0.5, 0.6) is 0 Å². The van der Waals surface area contributed by atoms with E-state index in [4.69, 9.17) is 15.0 Å². The molecule has 10 aromatic rings. The molecule has 0 radical (unpaired) electrons. The number of hydrogen-bond acceptors (Lipinski definition) is 3. The van der Waals surface area contributed by atoms with E-state index in [2.05, 4.69) is 174 Å². The summed E-state index contributed by atoms with van der Waals surface area (Å²) < 4.78 is 2.34. The molecule has 10 rings (SSSR count). The van der Waals surface area contributed by atoms with E-state index in [0.29, 0.717) is 5.82 Å². The highest BCUT2D eigenvalue weighted by Gasteiger charge is 2.16. The normalized spacial score (nSPS) is 11.5. The van der Waals surface area contributed by atoms with Gasteiger partial charge in [-0.3, -0.25) is 0 Å². The Labute approximate surface area is 295 Å². The first kappa shape index (κ1) is 29.0. The number of hydrogen-bond donors (Lipinski definition) is 0. The van der Waals surface area contributed by atoms with Gasteiger partial charge in [-0.05, 0) is 64.7 Å². The van der Waals surface area contributed by atoms with Gasteiger partial charge in [0.05, 0.1) is 39.0 Å². The van der Waals surface area contributed by atoms with E-state index in [1.165, 1.54) is 22.0 Å². The molecule has 4 heteroatoms. The van der Waals surface area contributed by atoms with Crippen LogP contribution in [0, 0.1) is 0 Å². The fraction of sp³-hybridized carbons (Fsp3) is 0. The number of aromatic nitrogens is 4. The third kappa shape index (κ3) is 5.04. The highest BCUT2D eigenvalue weighted by molar-refractivity contribution is 5.99. The summed E-state index contributed by atoms with van der Waals surface area (Å²) in [6, 6.07) is 63.8. The SMILES string of the molecule is c1ccc(-c2ccc(-c3nc(-c4cccc(-c5cccc(-c6nc7ccccc7n7c6cc6ccccc67)c5)c4)c4ccccc4n3)cc2)cc1. The highest BCUT2D eigenvalue weighted by Crippen LogP contribution is 2.36. The van der Waals surface area contributed by atoms with Gasteiger partial charge in [-0.1, -0.05) is 140 Å². The Hall–Kier alpha value is -6.91. The zero-order valence-electron chi connectivity index (χ0n) is 27.6. The molecule has 7 aromatic carbocycles. The first-order valence-electron chi connectivity index (χ1n) is 17.2. The van der Waals surface area contributed by atoms with E-state index in [9.17, 15) is 0 Å². The summed E-state index contributed by atoms with van der Waals surface area (Å²) in [5.74, 6) is 0.710. The summed E-state index contributed by atoms with van der Waals surface area (Å²) >= 11 is 0. The minimum absolute atomic E-state index is 0.710. The molecule has 3 aromatic heterocycles. The van der Waals surface area contributed by atoms with Crippen LogP contribution in [0.1, 0.15) is 0 Å². The van der Waals surface area contributed by atoms with Crippen molar-refractivity contribution in [3.63, 3.8) is 0 Å². The third-order valence-corrected chi connectivity index (χ3v) is 9.77. The number of rotatable bonds is 5. The van der Waals surface area contributed by atoms with Gasteiger partial charge < -0.3 is 4.40 Å². The molecule has 0 aliphatic rings. The highest BCUT2D eigenvalue weighted by atomic mass is 14.9. The fourth-order valence-electron chi connectivity index (χ4n) is 7.29. The second-order valence-corrected chi connectivity index (χ2v) is 12.9. The van der Waals surface area contributed by atoms with Crippen molar-refractivity contribution in [3.05, 3.63) is 182 Å². The van der Waals surface area contributed by atoms with Gasteiger partial charge in [0.15, 0.2) is 5.82 Å². The monoisotopic (exact) mass is 650 g/mol. The van der Waals surface area contributed by atoms with Crippen LogP contribution in [0.25, 0.3) is 94.5 Å². The molecule has 0 amide bonds. The molecule has 51 heavy (non-hydrogen) atoms. The Morgan fingerprint density at radius 3 is 1.67 bits per heavy atom. The minimum atomic E-state index is 0.710. The molecule has 0 N–H and O–H groups in total. The molecule has 0 unspecified atom stereocenters. The van der Waals surface area contributed by atoms with Crippen molar-refractivity contribution in [3.8, 4) is 56.2 Å². The lowest BCUT2D eigenvalue weighted by molar-refractivity contribution is 1.23. The number of nitrogens with zero attached hydrogens (tertiary/aromatic N) is 4. The van der Waals surface area contributed by atoms with Crippen molar-refractivity contribution in [2.24, 2.45) is 0 Å². The average Bonchev–Trinajstić information content (AvgIpc) is 3.61. The Kier molecular flexibility index (Phi) is 6.78. The van der Waals surface area contributed by atoms with Crippen molar-refractivity contribution in [2.75, 3.05) is 0 Å². The zero-order chi connectivity index (χ0) is 33.7. The topological polar surface area (TPSA) is 43.1 Å². The predicted octanol–water partition coefficient (Wildman–Crippen LogP) is 11.9. The molecule has 0 bridgehead atoms. The van der Waals surface area contributed by atoms with Gasteiger partial charge in [0.2, 0.25) is 0 Å². The number of para-hydroxylation sites is 4. The summed E-state index contributed by atoms with van der Waals surface area (Å²) in [6.07, 6.45) is 0. The molecular weight excluding hydrogens is 621 g/mol. The van der Waals surface area contributed by atoms with Crippen LogP contribution < -0.4 is 0 Å². The van der Waals surface area contributed by atoms with Crippen LogP contribution in [0.2, 0.25) is 0 Å². The van der Waals surface area contributed by atoms with Crippen LogP contribution >= 0.6 is 0 Å². The summed E-state index contributed by atoms with van der Waals surface area (Å²) in [5.41, 5.74) is 14.8. The quantitative estimate of drug-likeness (QED) is 0.186. The Bertz CT molecular complexity index is 2910. The van der Waals surface area contributed by atoms with E-state index in [1.54, 1.807) is 0 Å². The molecule has 0 saturated carbocycles. The van der Waals surface area contributed by atoms with Crippen molar-refractivity contribution < 1.29 is 0 Å². The van der Waals surface area contributed by atoms with E-state index in [-0.39, 0.29) is 0 Å². The van der Waals surface area contributed by atoms with Crippen LogP contribution in [-0.2, 0) is 0 Å². The lowest BCUT2D eigenvalue weighted by atomic mass is 9.97. The molecule has 3 heterocycles. The van der Waals surface area contributed by atoms with Crippen molar-refractivity contribution >= 4 is 38.4 Å². The maximum absolute atomic E-state index is 5.23. The van der Waals surface area contributed by atoms with Crippen LogP contribution in [-0.4, -0.2) is 19.4 Å². The van der Waals surface area contributed by atoms with Gasteiger partial charge in [-0.15, -0.1) is 0 Å². The maximum atomic E-state index is 5.23. The molecule has 238 valence electrons. The summed E-state index contributed by atoms with van der Waals surface area (Å²) in [7, 11) is 0. The van der Waals surface area contributed by atoms with Gasteiger partial charge in [-0.25, -0.2) is 15.0 Å². The van der Waals surface area contributed by atoms with Crippen LogP contribution in [0.3, 0.4) is 0 Å². The molecule has 0 aliphatic heterocycles. The first-order valence-corrected chi connectivity index (χ1v) is 17.2. The lowest BCUT2D eigenvalue weighted by Crippen LogP contribution is -1.96. The summed E-state index contributed by atoms with van der Waals surface area (Å²) in [4.78, 5) is 15.4. The van der Waals surface area contributed by atoms with E-state index in [0.717, 1.165) is 66.7 Å². The molecular formula is C47H30N4. The molecule has 0 aliphatic carbocycles. The summed E-state index contributed by atoms with van der Waals surface area (Å²) in [5, 5.41) is 2.22. The second-order valence-electron chi connectivity index (χ2n) is 12.9. The van der Waals surface area contributed by atoms with Crippen molar-refractivity contribution in [1.29, 1.82) is 0 Å². The Balaban J connectivity index is 1.08. The predicted molar refractivity (Wildman–Crippen MR) is 210 cm³/mol. The molecule has 0 atom stereocenters. The van der Waals surface area contributed by atoms with E-state index < -0.39 is 0 Å². The Morgan fingerprint density at radius 1 is 0.314 bits per heavy atom. The Morgan fingerprint density at radius 2 is 0.882 bits per heavy atom. The standard InChI is InChI=1S/C47H30N4/c1-2-12-31(13-3-1)32-24-26-33(27-25-32)47-49-40-20-6-5-19-39(40)45(50-47)37-17-10-15-34(28-37)35-16-11-18-38(29-35)46-44-30-36-14-4-8-22-42(36)51(44)43-23-9-7-21-41(43)48-46/h1-30H. The van der Waals surface area contributed by atoms with Gasteiger partial charge in [0.25, 0.3) is 0 Å². The van der Waals surface area contributed by atoms with Gasteiger partial charge in [0.1, 0.15) is 0 Å². The zero-order valence-corrected chi connectivity index (χ0v) is 27.6. The average molecular weight is 651 g/mol. The number of fused-ring (bicyclic) bond motifs is 6. The summed E-state index contributed by atoms with van der Waals surface area (Å²) in [6.45, 7) is 0. The van der Waals surface area contributed by atoms with Crippen molar-refractivity contribution in [2.45, 2.75) is 0 Å². The third-order valence-electron chi connectivity index (χ3n) is 9.77. The smallest absolute Gasteiger partial charge is 0.160 e. The first-order chi connectivity index (χ1) is 25.3. The van der Waals surface area contributed by atoms with Crippen LogP contribution in [0.4, 0.5) is 0 Å². The lowest BCUT2D eigenvalue weighted by Gasteiger charge is -2.12. The van der Waals surface area contributed by atoms with Gasteiger partial charge in [-0.2, -0.15) is 0 Å². The number of benzene rings is 7. The fourth-order valence-corrected chi connectivity index (χ4v) is 7.29. The maximum Gasteiger partial charge on any atom is 0.160 e. The minimum Gasteiger partial charge on any atom is -0.306 e. The van der Waals surface area contributed by atoms with E-state index >= 15 is 0 Å². The molecule has 0 fully saturated rings. The second kappa shape index (κ2) is 11.9. The van der Waals surface area contributed by atoms with Crippen molar-refractivity contribution in [1.82, 2.24) is 19.4 Å². The van der Waals surface area contributed by atoms with Gasteiger partial charge in [0, 0.05) is 27.5 Å². The van der Waals surface area contributed by atoms with Gasteiger partial charge >= 0.3 is 0 Å². The largest absolute Gasteiger partial charge is 0.306 e. The van der Waals surface area contributed by atoms with Crippen LogP contribution in [0.15, 0.2) is 182 Å². The molecule has 0 spiro atoms. The molecule has 4 nitrogen and oxygen atoms in total.